The van der Waals surface area contributed by atoms with Crippen LogP contribution in [0.1, 0.15) is 33.0 Å². The fourth-order valence-corrected chi connectivity index (χ4v) is 3.11. The number of aryl methyl sites for hydroxylation is 2. The highest BCUT2D eigenvalue weighted by molar-refractivity contribution is 6.30. The molecule has 5 nitrogen and oxygen atoms in total. The zero-order valence-corrected chi connectivity index (χ0v) is 15.6. The lowest BCUT2D eigenvalue weighted by atomic mass is 10.1. The van der Waals surface area contributed by atoms with Crippen molar-refractivity contribution in [2.75, 3.05) is 7.05 Å². The Bertz CT molecular complexity index is 925. The van der Waals surface area contributed by atoms with Gasteiger partial charge in [0.1, 0.15) is 5.69 Å². The monoisotopic (exact) mass is 356 g/mol. The predicted octanol–water partition coefficient (Wildman–Crippen LogP) is 4.05. The van der Waals surface area contributed by atoms with Gasteiger partial charge in [-0.25, -0.2) is 4.68 Å². The number of hydrogen-bond acceptors (Lipinski definition) is 2. The summed E-state index contributed by atoms with van der Waals surface area (Å²) in [7, 11) is 1.78. The van der Waals surface area contributed by atoms with E-state index in [1.807, 2.05) is 36.7 Å². The van der Waals surface area contributed by atoms with Crippen LogP contribution in [0.4, 0.5) is 0 Å². The highest BCUT2D eigenvalue weighted by Crippen LogP contribution is 2.22. The van der Waals surface area contributed by atoms with Crippen LogP contribution in [-0.2, 0) is 6.54 Å². The van der Waals surface area contributed by atoms with Crippen molar-refractivity contribution in [3.05, 3.63) is 69.8 Å². The van der Waals surface area contributed by atoms with E-state index in [1.165, 1.54) is 0 Å². The summed E-state index contributed by atoms with van der Waals surface area (Å²) in [5.41, 5.74) is 5.70. The molecule has 0 bridgehead atoms. The number of nitrogens with one attached hydrogen (secondary N) is 1. The first kappa shape index (κ1) is 17.3. The molecule has 1 aromatic carbocycles. The molecule has 2 aromatic heterocycles. The van der Waals surface area contributed by atoms with Crippen molar-refractivity contribution in [2.45, 2.75) is 27.3 Å². The summed E-state index contributed by atoms with van der Waals surface area (Å²) in [5, 5.41) is 5.20. The molecular weight excluding hydrogens is 336 g/mol. The van der Waals surface area contributed by atoms with Gasteiger partial charge < -0.3 is 9.88 Å². The van der Waals surface area contributed by atoms with Crippen LogP contribution in [0.2, 0.25) is 5.02 Å². The number of rotatable bonds is 4. The zero-order valence-electron chi connectivity index (χ0n) is 14.8. The van der Waals surface area contributed by atoms with Crippen LogP contribution < -0.4 is 0 Å². The van der Waals surface area contributed by atoms with Gasteiger partial charge in [-0.1, -0.05) is 29.8 Å². The average Bonchev–Trinajstić information content (AvgIpc) is 3.13. The lowest BCUT2D eigenvalue weighted by Crippen LogP contribution is -2.27. The fourth-order valence-electron chi connectivity index (χ4n) is 2.95. The van der Waals surface area contributed by atoms with E-state index in [2.05, 4.69) is 23.1 Å². The second-order valence-electron chi connectivity index (χ2n) is 6.24. The van der Waals surface area contributed by atoms with Crippen LogP contribution in [0.3, 0.4) is 0 Å². The van der Waals surface area contributed by atoms with Crippen LogP contribution in [0, 0.1) is 20.8 Å². The third kappa shape index (κ3) is 3.33. The molecule has 6 heteroatoms. The minimum absolute atomic E-state index is 0.102. The SMILES string of the molecule is Cc1ccccc1-n1nc(C)c(CN(C)C(=O)c2cc(Cl)c[nH]2)c1C. The number of halogens is 1. The maximum atomic E-state index is 12.5. The molecule has 0 unspecified atom stereocenters. The van der Waals surface area contributed by atoms with Gasteiger partial charge >= 0.3 is 0 Å². The van der Waals surface area contributed by atoms with Crippen molar-refractivity contribution in [2.24, 2.45) is 0 Å². The van der Waals surface area contributed by atoms with Crippen LogP contribution in [-0.4, -0.2) is 32.6 Å². The molecule has 3 rings (SSSR count). The summed E-state index contributed by atoms with van der Waals surface area (Å²) in [5.74, 6) is -0.102. The maximum Gasteiger partial charge on any atom is 0.270 e. The third-order valence-electron chi connectivity index (χ3n) is 4.40. The summed E-state index contributed by atoms with van der Waals surface area (Å²) >= 11 is 5.89. The molecule has 0 aliphatic carbocycles. The summed E-state index contributed by atoms with van der Waals surface area (Å²) in [6.45, 7) is 6.56. The van der Waals surface area contributed by atoms with Crippen molar-refractivity contribution in [1.29, 1.82) is 0 Å². The standard InChI is InChI=1S/C19H21ClN4O/c1-12-7-5-6-8-18(12)24-14(3)16(13(2)22-24)11-23(4)19(25)17-9-15(20)10-21-17/h5-10,21H,11H2,1-4H3. The lowest BCUT2D eigenvalue weighted by Gasteiger charge is -2.17. The van der Waals surface area contributed by atoms with E-state index >= 15 is 0 Å². The molecule has 25 heavy (non-hydrogen) atoms. The predicted molar refractivity (Wildman–Crippen MR) is 99.4 cm³/mol. The zero-order chi connectivity index (χ0) is 18.1. The molecule has 0 aliphatic heterocycles. The minimum Gasteiger partial charge on any atom is -0.356 e. The van der Waals surface area contributed by atoms with Crippen LogP contribution in [0.15, 0.2) is 36.5 Å². The molecule has 2 heterocycles. The molecule has 1 N–H and O–H groups in total. The Morgan fingerprint density at radius 2 is 2.00 bits per heavy atom. The van der Waals surface area contributed by atoms with Crippen LogP contribution in [0.5, 0.6) is 0 Å². The molecule has 0 spiro atoms. The number of nitrogens with zero attached hydrogens (tertiary/aromatic N) is 3. The van der Waals surface area contributed by atoms with E-state index in [1.54, 1.807) is 24.2 Å². The molecule has 0 radical (unpaired) electrons. The Labute approximate surface area is 152 Å². The molecule has 1 amide bonds. The number of amides is 1. The van der Waals surface area contributed by atoms with E-state index in [-0.39, 0.29) is 5.91 Å². The lowest BCUT2D eigenvalue weighted by molar-refractivity contribution is 0.0779. The number of H-pyrrole nitrogens is 1. The van der Waals surface area contributed by atoms with Crippen LogP contribution >= 0.6 is 11.6 Å². The summed E-state index contributed by atoms with van der Waals surface area (Å²) in [4.78, 5) is 17.1. The Hall–Kier alpha value is -2.53. The summed E-state index contributed by atoms with van der Waals surface area (Å²) in [6.07, 6.45) is 1.61. The second-order valence-corrected chi connectivity index (χ2v) is 6.68. The summed E-state index contributed by atoms with van der Waals surface area (Å²) in [6, 6.07) is 9.77. The first-order chi connectivity index (χ1) is 11.9. The van der Waals surface area contributed by atoms with Gasteiger partial charge in [-0.15, -0.1) is 0 Å². The largest absolute Gasteiger partial charge is 0.356 e. The molecule has 0 aliphatic rings. The van der Waals surface area contributed by atoms with Gasteiger partial charge in [0.2, 0.25) is 0 Å². The highest BCUT2D eigenvalue weighted by Gasteiger charge is 2.19. The van der Waals surface area contributed by atoms with Gasteiger partial charge in [0.15, 0.2) is 0 Å². The minimum atomic E-state index is -0.102. The van der Waals surface area contributed by atoms with E-state index in [4.69, 9.17) is 11.6 Å². The third-order valence-corrected chi connectivity index (χ3v) is 4.62. The number of carbonyl (C=O) groups excluding carboxylic acids is 1. The first-order valence-electron chi connectivity index (χ1n) is 8.09. The van der Waals surface area contributed by atoms with Gasteiger partial charge in [-0.3, -0.25) is 4.79 Å². The quantitative estimate of drug-likeness (QED) is 0.766. The van der Waals surface area contributed by atoms with Crippen molar-refractivity contribution in [3.8, 4) is 5.69 Å². The van der Waals surface area contributed by atoms with Crippen molar-refractivity contribution in [3.63, 3.8) is 0 Å². The molecule has 0 fully saturated rings. The topological polar surface area (TPSA) is 53.9 Å². The van der Waals surface area contributed by atoms with Gasteiger partial charge in [-0.05, 0) is 38.5 Å². The summed E-state index contributed by atoms with van der Waals surface area (Å²) < 4.78 is 1.95. The number of para-hydroxylation sites is 1. The van der Waals surface area contributed by atoms with Gasteiger partial charge in [-0.2, -0.15) is 5.10 Å². The fraction of sp³-hybridized carbons (Fsp3) is 0.263. The molecule has 3 aromatic rings. The molecular formula is C19H21ClN4O. The highest BCUT2D eigenvalue weighted by atomic mass is 35.5. The molecule has 0 saturated heterocycles. The Morgan fingerprint density at radius 3 is 2.64 bits per heavy atom. The first-order valence-corrected chi connectivity index (χ1v) is 8.46. The smallest absolute Gasteiger partial charge is 0.270 e. The Morgan fingerprint density at radius 1 is 1.28 bits per heavy atom. The van der Waals surface area contributed by atoms with Crippen molar-refractivity contribution >= 4 is 17.5 Å². The van der Waals surface area contributed by atoms with Gasteiger partial charge in [0, 0.05) is 31.0 Å². The van der Waals surface area contributed by atoms with E-state index in [9.17, 15) is 4.79 Å². The Kier molecular flexibility index (Phi) is 4.68. The number of aromatic nitrogens is 3. The Balaban J connectivity index is 1.89. The van der Waals surface area contributed by atoms with Crippen LogP contribution in [0.25, 0.3) is 5.69 Å². The number of benzene rings is 1. The normalized spacial score (nSPS) is 10.9. The second kappa shape index (κ2) is 6.76. The molecule has 0 atom stereocenters. The number of carbonyl (C=O) groups is 1. The van der Waals surface area contributed by atoms with E-state index in [0.717, 1.165) is 28.2 Å². The van der Waals surface area contributed by atoms with Gasteiger partial charge in [0.25, 0.3) is 5.91 Å². The van der Waals surface area contributed by atoms with E-state index in [0.29, 0.717) is 17.3 Å². The van der Waals surface area contributed by atoms with Crippen molar-refractivity contribution in [1.82, 2.24) is 19.7 Å². The number of hydrogen-bond donors (Lipinski definition) is 1. The average molecular weight is 357 g/mol. The molecule has 130 valence electrons. The number of aromatic amines is 1. The van der Waals surface area contributed by atoms with E-state index < -0.39 is 0 Å². The molecule has 0 saturated carbocycles. The van der Waals surface area contributed by atoms with Gasteiger partial charge in [0.05, 0.1) is 16.4 Å². The maximum absolute atomic E-state index is 12.5. The van der Waals surface area contributed by atoms with Crippen molar-refractivity contribution < 1.29 is 4.79 Å².